The van der Waals surface area contributed by atoms with Crippen LogP contribution in [0.2, 0.25) is 0 Å². The van der Waals surface area contributed by atoms with Crippen LogP contribution < -0.4 is 0 Å². The minimum absolute atomic E-state index is 0.591. The van der Waals surface area contributed by atoms with E-state index in [2.05, 4.69) is 49.9 Å². The highest BCUT2D eigenvalue weighted by molar-refractivity contribution is 4.98. The molecule has 1 heterocycles. The number of hydrogen-bond acceptors (Lipinski definition) is 2. The molecule has 0 saturated carbocycles. The summed E-state index contributed by atoms with van der Waals surface area (Å²) in [5, 5.41) is 0. The molecule has 0 N–H and O–H groups in total. The lowest BCUT2D eigenvalue weighted by Crippen LogP contribution is -2.43. The van der Waals surface area contributed by atoms with Gasteiger partial charge in [-0.25, -0.2) is 0 Å². The summed E-state index contributed by atoms with van der Waals surface area (Å²) in [6.45, 7) is 11.8. The summed E-state index contributed by atoms with van der Waals surface area (Å²) >= 11 is 0. The van der Waals surface area contributed by atoms with E-state index in [1.165, 1.54) is 129 Å². The molecule has 0 aliphatic carbocycles. The zero-order valence-corrected chi connectivity index (χ0v) is 21.3. The van der Waals surface area contributed by atoms with Crippen molar-refractivity contribution in [3.8, 4) is 0 Å². The van der Waals surface area contributed by atoms with Crippen molar-refractivity contribution in [3.63, 3.8) is 0 Å². The van der Waals surface area contributed by atoms with Crippen LogP contribution >= 0.6 is 0 Å². The van der Waals surface area contributed by atoms with E-state index in [4.69, 9.17) is 0 Å². The highest BCUT2D eigenvalue weighted by Gasteiger charge is 2.27. The van der Waals surface area contributed by atoms with Crippen LogP contribution in [0.3, 0.4) is 0 Å². The summed E-state index contributed by atoms with van der Waals surface area (Å²) in [5.41, 5.74) is 0. The molecule has 1 aliphatic heterocycles. The normalized spacial score (nSPS) is 16.4. The van der Waals surface area contributed by atoms with Gasteiger partial charge < -0.3 is 9.80 Å². The van der Waals surface area contributed by atoms with Crippen molar-refractivity contribution in [2.75, 3.05) is 13.1 Å². The largest absolute Gasteiger partial charge is 0.356 e. The van der Waals surface area contributed by atoms with E-state index in [0.29, 0.717) is 12.1 Å². The Morgan fingerprint density at radius 3 is 1.20 bits per heavy atom. The van der Waals surface area contributed by atoms with E-state index in [-0.39, 0.29) is 0 Å². The third kappa shape index (κ3) is 12.9. The first-order chi connectivity index (χ1) is 14.7. The lowest BCUT2D eigenvalue weighted by atomic mass is 10.0. The van der Waals surface area contributed by atoms with Crippen LogP contribution in [0.4, 0.5) is 0 Å². The smallest absolute Gasteiger partial charge is 0.103 e. The maximum absolute atomic E-state index is 2.60. The third-order valence-corrected chi connectivity index (χ3v) is 6.77. The average molecular weight is 421 g/mol. The van der Waals surface area contributed by atoms with E-state index in [1.54, 1.807) is 0 Å². The molecule has 0 aromatic carbocycles. The second-order valence-electron chi connectivity index (χ2n) is 10.1. The summed E-state index contributed by atoms with van der Waals surface area (Å²) in [6, 6.07) is 0. The van der Waals surface area contributed by atoms with Gasteiger partial charge in [0.15, 0.2) is 0 Å². The van der Waals surface area contributed by atoms with Crippen molar-refractivity contribution in [3.05, 3.63) is 12.4 Å². The van der Waals surface area contributed by atoms with Gasteiger partial charge in [-0.3, -0.25) is 0 Å². The molecule has 0 aromatic rings. The molecule has 0 saturated heterocycles. The molecule has 0 aromatic heterocycles. The van der Waals surface area contributed by atoms with Crippen LogP contribution in [0.5, 0.6) is 0 Å². The molecule has 0 spiro atoms. The molecule has 1 unspecified atom stereocenters. The Kier molecular flexibility index (Phi) is 17.4. The average Bonchev–Trinajstić information content (AvgIpc) is 3.15. The van der Waals surface area contributed by atoms with Crippen molar-refractivity contribution < 1.29 is 0 Å². The van der Waals surface area contributed by atoms with Gasteiger partial charge in [0.05, 0.1) is 0 Å². The fourth-order valence-corrected chi connectivity index (χ4v) is 4.90. The molecule has 1 aliphatic rings. The van der Waals surface area contributed by atoms with Gasteiger partial charge in [0.2, 0.25) is 0 Å². The van der Waals surface area contributed by atoms with Gasteiger partial charge in [0.25, 0.3) is 0 Å². The summed E-state index contributed by atoms with van der Waals surface area (Å²) < 4.78 is 0. The van der Waals surface area contributed by atoms with Gasteiger partial charge in [-0.15, -0.1) is 0 Å². The van der Waals surface area contributed by atoms with Crippen molar-refractivity contribution in [2.24, 2.45) is 5.92 Å². The second kappa shape index (κ2) is 19.1. The van der Waals surface area contributed by atoms with E-state index in [9.17, 15) is 0 Å². The molecule has 0 amide bonds. The molecule has 2 heteroatoms. The van der Waals surface area contributed by atoms with Gasteiger partial charge in [-0.2, -0.15) is 0 Å². The van der Waals surface area contributed by atoms with E-state index < -0.39 is 0 Å². The van der Waals surface area contributed by atoms with E-state index >= 15 is 0 Å². The summed E-state index contributed by atoms with van der Waals surface area (Å²) in [4.78, 5) is 5.17. The van der Waals surface area contributed by atoms with Crippen LogP contribution in [0, 0.1) is 5.92 Å². The number of nitrogens with zero attached hydrogens (tertiary/aromatic N) is 2. The molecule has 0 bridgehead atoms. The van der Waals surface area contributed by atoms with Crippen LogP contribution in [0.15, 0.2) is 12.4 Å². The van der Waals surface area contributed by atoms with Gasteiger partial charge in [-0.05, 0) is 18.8 Å². The number of hydrogen-bond donors (Lipinski definition) is 0. The SMILES string of the molecule is CCCCCCCCCCCCCCCCCCN1C=CN(CCCC)C1C(C)C. The zero-order chi connectivity index (χ0) is 21.9. The minimum atomic E-state index is 0.591. The van der Waals surface area contributed by atoms with Crippen LogP contribution in [-0.2, 0) is 0 Å². The van der Waals surface area contributed by atoms with Crippen molar-refractivity contribution in [1.29, 1.82) is 0 Å². The Hall–Kier alpha value is -0.660. The standard InChI is InChI=1S/C28H56N2/c1-5-7-9-10-11-12-13-14-15-16-17-18-19-20-21-22-24-30-26-25-29(23-8-6-2)28(30)27(3)4/h25-28H,5-24H2,1-4H3. The topological polar surface area (TPSA) is 6.48 Å². The Bertz CT molecular complexity index is 390. The fraction of sp³-hybridized carbons (Fsp3) is 0.929. The fourth-order valence-electron chi connectivity index (χ4n) is 4.90. The molecule has 0 fully saturated rings. The van der Waals surface area contributed by atoms with Crippen LogP contribution in [0.1, 0.15) is 143 Å². The van der Waals surface area contributed by atoms with Gasteiger partial charge in [-0.1, -0.05) is 130 Å². The zero-order valence-electron chi connectivity index (χ0n) is 21.3. The predicted molar refractivity (Wildman–Crippen MR) is 136 cm³/mol. The van der Waals surface area contributed by atoms with Crippen molar-refractivity contribution in [2.45, 2.75) is 149 Å². The first-order valence-electron chi connectivity index (χ1n) is 13.9. The Morgan fingerprint density at radius 2 is 0.833 bits per heavy atom. The Balaban J connectivity index is 1.90. The third-order valence-electron chi connectivity index (χ3n) is 6.77. The molecule has 2 nitrogen and oxygen atoms in total. The Morgan fingerprint density at radius 1 is 0.500 bits per heavy atom. The van der Waals surface area contributed by atoms with Gasteiger partial charge in [0.1, 0.15) is 6.17 Å². The van der Waals surface area contributed by atoms with E-state index in [0.717, 1.165) is 0 Å². The highest BCUT2D eigenvalue weighted by Crippen LogP contribution is 2.24. The van der Waals surface area contributed by atoms with E-state index in [1.807, 2.05) is 0 Å². The van der Waals surface area contributed by atoms with Crippen molar-refractivity contribution >= 4 is 0 Å². The molecule has 1 rings (SSSR count). The lowest BCUT2D eigenvalue weighted by molar-refractivity contribution is 0.104. The first-order valence-corrected chi connectivity index (χ1v) is 13.9. The monoisotopic (exact) mass is 420 g/mol. The molecule has 1 atom stereocenters. The molecule has 30 heavy (non-hydrogen) atoms. The number of rotatable bonds is 21. The minimum Gasteiger partial charge on any atom is -0.356 e. The van der Waals surface area contributed by atoms with Crippen LogP contribution in [-0.4, -0.2) is 29.1 Å². The maximum Gasteiger partial charge on any atom is 0.103 e. The molecular weight excluding hydrogens is 364 g/mol. The van der Waals surface area contributed by atoms with Crippen LogP contribution in [0.25, 0.3) is 0 Å². The van der Waals surface area contributed by atoms with Gasteiger partial charge in [0, 0.05) is 25.5 Å². The summed E-state index contributed by atoms with van der Waals surface area (Å²) in [7, 11) is 0. The Labute approximate surface area is 190 Å². The maximum atomic E-state index is 2.60. The molecular formula is C28H56N2. The summed E-state index contributed by atoms with van der Waals surface area (Å²) in [6.07, 6.45) is 31.0. The lowest BCUT2D eigenvalue weighted by Gasteiger charge is -2.35. The second-order valence-corrected chi connectivity index (χ2v) is 10.1. The van der Waals surface area contributed by atoms with Gasteiger partial charge >= 0.3 is 0 Å². The quantitative estimate of drug-likeness (QED) is 0.171. The number of unbranched alkanes of at least 4 members (excludes halogenated alkanes) is 16. The summed E-state index contributed by atoms with van der Waals surface area (Å²) in [5.74, 6) is 0.693. The molecule has 178 valence electrons. The molecule has 0 radical (unpaired) electrons. The first kappa shape index (κ1) is 27.4. The van der Waals surface area contributed by atoms with Crippen molar-refractivity contribution in [1.82, 2.24) is 9.80 Å². The highest BCUT2D eigenvalue weighted by atomic mass is 15.4. The predicted octanol–water partition coefficient (Wildman–Crippen LogP) is 9.12.